The second-order valence-electron chi connectivity index (χ2n) is 8.01. The van der Waals surface area contributed by atoms with Crippen molar-refractivity contribution in [2.45, 2.75) is 25.7 Å². The van der Waals surface area contributed by atoms with Crippen molar-refractivity contribution in [1.82, 2.24) is 4.90 Å². The molecule has 0 aliphatic carbocycles. The molecule has 2 aromatic carbocycles. The van der Waals surface area contributed by atoms with Crippen molar-refractivity contribution in [2.24, 2.45) is 0 Å². The van der Waals surface area contributed by atoms with Crippen LogP contribution in [0.1, 0.15) is 25.7 Å². The van der Waals surface area contributed by atoms with E-state index < -0.39 is 30.3 Å². The van der Waals surface area contributed by atoms with Crippen LogP contribution >= 0.6 is 0 Å². The summed E-state index contributed by atoms with van der Waals surface area (Å²) in [6.07, 6.45) is 4.83. The van der Waals surface area contributed by atoms with E-state index >= 15 is 0 Å². The third-order valence-corrected chi connectivity index (χ3v) is 5.81. The van der Waals surface area contributed by atoms with Crippen molar-refractivity contribution in [2.75, 3.05) is 41.9 Å². The highest BCUT2D eigenvalue weighted by molar-refractivity contribution is 6.53. The molecule has 4 rings (SSSR count). The fourth-order valence-electron chi connectivity index (χ4n) is 4.03. The Morgan fingerprint density at radius 1 is 0.848 bits per heavy atom. The van der Waals surface area contributed by atoms with Crippen molar-refractivity contribution in [1.29, 1.82) is 0 Å². The predicted octanol–water partition coefficient (Wildman–Crippen LogP) is 3.01. The number of ether oxygens (including phenoxy) is 1. The molecule has 2 fully saturated rings. The summed E-state index contributed by atoms with van der Waals surface area (Å²) in [5.74, 6) is -2.06. The van der Waals surface area contributed by atoms with Crippen LogP contribution < -0.4 is 19.9 Å². The van der Waals surface area contributed by atoms with E-state index in [4.69, 9.17) is 4.74 Å². The summed E-state index contributed by atoms with van der Waals surface area (Å²) in [5.41, 5.74) is 1.88. The zero-order valence-corrected chi connectivity index (χ0v) is 18.5. The third kappa shape index (κ3) is 4.82. The molecule has 0 unspecified atom stereocenters. The minimum atomic E-state index is -1.04. The number of methoxy groups -OCH3 is 1. The molecule has 0 saturated carbocycles. The molecule has 0 spiro atoms. The first kappa shape index (κ1) is 22.3. The summed E-state index contributed by atoms with van der Waals surface area (Å²) < 4.78 is 5.06. The van der Waals surface area contributed by atoms with E-state index in [1.54, 1.807) is 24.3 Å². The zero-order valence-electron chi connectivity index (χ0n) is 18.5. The maximum atomic E-state index is 12.7. The Labute approximate surface area is 191 Å². The van der Waals surface area contributed by atoms with Gasteiger partial charge in [-0.1, -0.05) is 12.8 Å². The van der Waals surface area contributed by atoms with Gasteiger partial charge in [0, 0.05) is 24.5 Å². The second-order valence-corrected chi connectivity index (χ2v) is 8.01. The minimum Gasteiger partial charge on any atom is -0.497 e. The number of hydrogen-bond acceptors (Lipinski definition) is 6. The Balaban J connectivity index is 1.39. The summed E-state index contributed by atoms with van der Waals surface area (Å²) in [7, 11) is 1.49. The van der Waals surface area contributed by atoms with Crippen LogP contribution in [0.25, 0.3) is 0 Å². The van der Waals surface area contributed by atoms with Crippen LogP contribution in [0.4, 0.5) is 21.9 Å². The lowest BCUT2D eigenvalue weighted by molar-refractivity contribution is -0.140. The molecule has 2 aliphatic heterocycles. The molecule has 2 saturated heterocycles. The fourth-order valence-corrected chi connectivity index (χ4v) is 4.03. The van der Waals surface area contributed by atoms with Crippen LogP contribution in [0.2, 0.25) is 0 Å². The summed E-state index contributed by atoms with van der Waals surface area (Å²) in [6, 6.07) is 12.8. The first-order chi connectivity index (χ1) is 16.0. The van der Waals surface area contributed by atoms with Crippen LogP contribution in [0.3, 0.4) is 0 Å². The first-order valence-electron chi connectivity index (χ1n) is 11.0. The monoisotopic (exact) mass is 450 g/mol. The molecule has 9 heteroatoms. The molecule has 5 amide bonds. The van der Waals surface area contributed by atoms with E-state index in [2.05, 4.69) is 10.2 Å². The van der Waals surface area contributed by atoms with Crippen LogP contribution in [-0.2, 0) is 14.4 Å². The normalized spacial score (nSPS) is 16.8. The second kappa shape index (κ2) is 9.72. The van der Waals surface area contributed by atoms with E-state index in [-0.39, 0.29) is 5.69 Å². The number of carbonyl (C=O) groups is 4. The maximum absolute atomic E-state index is 12.7. The van der Waals surface area contributed by atoms with E-state index in [1.807, 2.05) is 12.1 Å². The van der Waals surface area contributed by atoms with Crippen LogP contribution in [-0.4, -0.2) is 55.4 Å². The number of hydrogen-bond donors (Lipinski definition) is 1. The molecule has 2 aliphatic rings. The third-order valence-electron chi connectivity index (χ3n) is 5.81. The molecular formula is C24H26N4O5. The maximum Gasteiger partial charge on any atom is 0.339 e. The van der Waals surface area contributed by atoms with Crippen LogP contribution in [0.15, 0.2) is 48.5 Å². The van der Waals surface area contributed by atoms with Crippen LogP contribution in [0.5, 0.6) is 5.75 Å². The lowest BCUT2D eigenvalue weighted by Gasteiger charge is -2.22. The van der Waals surface area contributed by atoms with Gasteiger partial charge in [0.15, 0.2) is 0 Å². The number of nitrogens with one attached hydrogen (secondary N) is 1. The van der Waals surface area contributed by atoms with Gasteiger partial charge in [-0.05, 0) is 61.4 Å². The molecule has 1 N–H and O–H groups in total. The number of rotatable bonds is 6. The lowest BCUT2D eigenvalue weighted by Crippen LogP contribution is -2.39. The summed E-state index contributed by atoms with van der Waals surface area (Å²) in [5, 5.41) is 2.69. The van der Waals surface area contributed by atoms with Gasteiger partial charge in [-0.3, -0.25) is 14.4 Å². The molecule has 2 heterocycles. The van der Waals surface area contributed by atoms with Gasteiger partial charge in [0.1, 0.15) is 12.3 Å². The predicted molar refractivity (Wildman–Crippen MR) is 123 cm³/mol. The van der Waals surface area contributed by atoms with Crippen molar-refractivity contribution in [3.05, 3.63) is 48.5 Å². The highest BCUT2D eigenvalue weighted by atomic mass is 16.5. The molecule has 9 nitrogen and oxygen atoms in total. The number of urea groups is 1. The fraction of sp³-hybridized carbons (Fsp3) is 0.333. The van der Waals surface area contributed by atoms with Crippen molar-refractivity contribution < 1.29 is 23.9 Å². The van der Waals surface area contributed by atoms with Crippen molar-refractivity contribution >= 4 is 40.8 Å². The SMILES string of the molecule is COc1ccc(N2C(=O)C(=O)N(CC(=O)Nc3ccc(N4CCCCCC4)cc3)C2=O)cc1. The number of nitrogens with zero attached hydrogens (tertiary/aromatic N) is 3. The molecule has 0 bridgehead atoms. The van der Waals surface area contributed by atoms with Crippen LogP contribution in [0, 0.1) is 0 Å². The molecular weight excluding hydrogens is 424 g/mol. The van der Waals surface area contributed by atoms with Gasteiger partial charge in [-0.2, -0.15) is 0 Å². The summed E-state index contributed by atoms with van der Waals surface area (Å²) in [4.78, 5) is 53.7. The Morgan fingerprint density at radius 3 is 2.06 bits per heavy atom. The smallest absolute Gasteiger partial charge is 0.339 e. The molecule has 0 radical (unpaired) electrons. The molecule has 172 valence electrons. The van der Waals surface area contributed by atoms with Crippen molar-refractivity contribution in [3.63, 3.8) is 0 Å². The highest BCUT2D eigenvalue weighted by Crippen LogP contribution is 2.25. The number of benzene rings is 2. The lowest BCUT2D eigenvalue weighted by atomic mass is 10.2. The summed E-state index contributed by atoms with van der Waals surface area (Å²) >= 11 is 0. The van der Waals surface area contributed by atoms with Gasteiger partial charge < -0.3 is 15.0 Å². The summed E-state index contributed by atoms with van der Waals surface area (Å²) in [6.45, 7) is 1.48. The topological polar surface area (TPSA) is 99.3 Å². The number of carbonyl (C=O) groups excluding carboxylic acids is 4. The largest absolute Gasteiger partial charge is 0.497 e. The van der Waals surface area contributed by atoms with Gasteiger partial charge in [-0.15, -0.1) is 0 Å². The van der Waals surface area contributed by atoms with E-state index in [0.29, 0.717) is 16.3 Å². The Kier molecular flexibility index (Phi) is 6.58. The van der Waals surface area contributed by atoms with Gasteiger partial charge in [0.25, 0.3) is 0 Å². The molecule has 2 aromatic rings. The molecule has 33 heavy (non-hydrogen) atoms. The van der Waals surface area contributed by atoms with E-state index in [0.717, 1.165) is 23.7 Å². The highest BCUT2D eigenvalue weighted by Gasteiger charge is 2.46. The van der Waals surface area contributed by atoms with Gasteiger partial charge in [0.05, 0.1) is 12.8 Å². The van der Waals surface area contributed by atoms with Gasteiger partial charge >= 0.3 is 17.8 Å². The number of anilines is 3. The average Bonchev–Trinajstić information content (AvgIpc) is 3.03. The van der Waals surface area contributed by atoms with Gasteiger partial charge in [0.2, 0.25) is 5.91 Å². The first-order valence-corrected chi connectivity index (χ1v) is 11.0. The average molecular weight is 450 g/mol. The Morgan fingerprint density at radius 2 is 1.45 bits per heavy atom. The van der Waals surface area contributed by atoms with Crippen molar-refractivity contribution in [3.8, 4) is 5.75 Å². The number of imide groups is 2. The molecule has 0 aromatic heterocycles. The standard InChI is InChI=1S/C24H26N4O5/c1-33-20-12-10-19(11-13-20)28-23(31)22(30)27(24(28)32)16-21(29)25-17-6-8-18(9-7-17)26-14-4-2-3-5-15-26/h6-13H,2-5,14-16H2,1H3,(H,25,29). The minimum absolute atomic E-state index is 0.228. The Hall–Kier alpha value is -3.88. The van der Waals surface area contributed by atoms with E-state index in [9.17, 15) is 19.2 Å². The number of amides is 5. The quantitative estimate of drug-likeness (QED) is 0.537. The molecule has 0 atom stereocenters. The Bertz CT molecular complexity index is 1040. The zero-order chi connectivity index (χ0) is 23.4. The van der Waals surface area contributed by atoms with E-state index in [1.165, 1.54) is 44.9 Å². The van der Waals surface area contributed by atoms with Gasteiger partial charge in [-0.25, -0.2) is 14.6 Å².